The first-order valence-corrected chi connectivity index (χ1v) is 15.0. The Labute approximate surface area is 296 Å². The van der Waals surface area contributed by atoms with Crippen LogP contribution in [0.2, 0.25) is 0 Å². The second-order valence-corrected chi connectivity index (χ2v) is 11.7. The topological polar surface area (TPSA) is 152 Å². The number of methoxy groups -OCH3 is 2. The van der Waals surface area contributed by atoms with E-state index in [0.29, 0.717) is 50.8 Å². The summed E-state index contributed by atoms with van der Waals surface area (Å²) in [5.41, 5.74) is 0.413. The zero-order valence-electron chi connectivity index (χ0n) is 29.3. The van der Waals surface area contributed by atoms with Crippen LogP contribution < -0.4 is 0 Å². The van der Waals surface area contributed by atoms with Crippen molar-refractivity contribution < 1.29 is 70.7 Å². The van der Waals surface area contributed by atoms with Gasteiger partial charge in [-0.05, 0) is 0 Å². The minimum atomic E-state index is -0.456. The zero-order chi connectivity index (χ0) is 35.4. The van der Waals surface area contributed by atoms with E-state index in [0.717, 1.165) is 0 Å². The van der Waals surface area contributed by atoms with Crippen LogP contribution in [-0.4, -0.2) is 99.1 Å². The van der Waals surface area contributed by atoms with Gasteiger partial charge in [-0.2, -0.15) is 0 Å². The maximum Gasteiger partial charge on any atom is 0.164 e. The molecule has 264 valence electrons. The van der Waals surface area contributed by atoms with Crippen LogP contribution in [0.1, 0.15) is 52.7 Å². The summed E-state index contributed by atoms with van der Waals surface area (Å²) in [5, 5.41) is 35.8. The van der Waals surface area contributed by atoms with Crippen molar-refractivity contribution in [2.75, 3.05) is 67.1 Å². The first kappa shape index (κ1) is 48.7. The van der Waals surface area contributed by atoms with E-state index in [1.54, 1.807) is 38.5 Å². The molecular weight excluding hydrogens is 640 g/mol. The summed E-state index contributed by atoms with van der Waals surface area (Å²) in [6.45, 7) is 14.3. The maximum absolute atomic E-state index is 11.6. The van der Waals surface area contributed by atoms with Gasteiger partial charge in [0.25, 0.3) is 0 Å². The fraction of sp³-hybridized carbons (Fsp3) is 0.500. The predicted octanol–water partition coefficient (Wildman–Crippen LogP) is 5.68. The third-order valence-electron chi connectivity index (χ3n) is 5.49. The van der Waals surface area contributed by atoms with Crippen LogP contribution in [0.25, 0.3) is 11.5 Å². The van der Waals surface area contributed by atoms with Crippen molar-refractivity contribution in [2.24, 2.45) is 10.8 Å². The van der Waals surface area contributed by atoms with Gasteiger partial charge < -0.3 is 39.4 Å². The largest absolute Gasteiger partial charge is 0.507 e. The third-order valence-corrected chi connectivity index (χ3v) is 5.49. The van der Waals surface area contributed by atoms with Crippen LogP contribution in [0.4, 0.5) is 0 Å². The van der Waals surface area contributed by atoms with Crippen LogP contribution in [0, 0.1) is 10.8 Å². The molecule has 0 fully saturated rings. The van der Waals surface area contributed by atoms with Crippen LogP contribution in [-0.2, 0) is 50.3 Å². The standard InChI is InChI=1S/2C13H16O2.2C5H12O3.Ti/c2*1-13(2,3)12(15)9-11(14)10-7-5-4-6-8-10;2*1-7-4-5-8-3-2-6;/h2*4-9,14H,1-3H3;2*6H,2-5H2,1H3;/b2*11-9-;;;. The fourth-order valence-corrected chi connectivity index (χ4v) is 2.68. The summed E-state index contributed by atoms with van der Waals surface area (Å²) < 4.78 is 19.1. The van der Waals surface area contributed by atoms with Crippen molar-refractivity contribution in [1.29, 1.82) is 0 Å². The van der Waals surface area contributed by atoms with Gasteiger partial charge in [-0.3, -0.25) is 9.59 Å². The maximum atomic E-state index is 11.6. The Bertz CT molecular complexity index is 1000. The number of aliphatic hydroxyl groups excluding tert-OH is 4. The Balaban J connectivity index is -0.000000570. The van der Waals surface area contributed by atoms with Crippen LogP contribution in [0.3, 0.4) is 0 Å². The molecule has 0 heterocycles. The summed E-state index contributed by atoms with van der Waals surface area (Å²) in [6, 6.07) is 18.1. The van der Waals surface area contributed by atoms with Crippen LogP contribution in [0.5, 0.6) is 0 Å². The molecule has 2 aromatic carbocycles. The quantitative estimate of drug-likeness (QED) is 0.0840. The van der Waals surface area contributed by atoms with Crippen molar-refractivity contribution in [3.8, 4) is 0 Å². The molecule has 10 nitrogen and oxygen atoms in total. The zero-order valence-corrected chi connectivity index (χ0v) is 30.9. The van der Waals surface area contributed by atoms with E-state index in [-0.39, 0.29) is 58.0 Å². The number of carbonyl (C=O) groups excluding carboxylic acids is 2. The summed E-state index contributed by atoms with van der Waals surface area (Å²) >= 11 is 0. The molecule has 0 amide bonds. The molecule has 0 saturated carbocycles. The van der Waals surface area contributed by atoms with Gasteiger partial charge in [0.1, 0.15) is 11.5 Å². The van der Waals surface area contributed by atoms with E-state index in [1.807, 2.05) is 77.9 Å². The minimum absolute atomic E-state index is 0. The van der Waals surface area contributed by atoms with Gasteiger partial charge in [-0.25, -0.2) is 0 Å². The third kappa shape index (κ3) is 28.1. The molecule has 0 unspecified atom stereocenters. The van der Waals surface area contributed by atoms with E-state index in [4.69, 9.17) is 19.7 Å². The van der Waals surface area contributed by atoms with E-state index >= 15 is 0 Å². The van der Waals surface area contributed by atoms with Gasteiger partial charge in [0, 0.05) is 70.0 Å². The number of carbonyl (C=O) groups is 2. The van der Waals surface area contributed by atoms with Gasteiger partial charge in [-0.15, -0.1) is 0 Å². The first-order chi connectivity index (χ1) is 21.6. The van der Waals surface area contributed by atoms with Crippen LogP contribution in [0.15, 0.2) is 72.8 Å². The van der Waals surface area contributed by atoms with Crippen molar-refractivity contribution in [3.05, 3.63) is 83.9 Å². The second-order valence-electron chi connectivity index (χ2n) is 11.7. The van der Waals surface area contributed by atoms with Gasteiger partial charge in [0.15, 0.2) is 11.6 Å². The normalized spacial score (nSPS) is 11.4. The number of hydrogen-bond acceptors (Lipinski definition) is 10. The predicted molar refractivity (Wildman–Crippen MR) is 183 cm³/mol. The molecule has 2 rings (SSSR count). The molecule has 2 aromatic rings. The average Bonchev–Trinajstić information content (AvgIpc) is 3.02. The van der Waals surface area contributed by atoms with Gasteiger partial charge >= 0.3 is 0 Å². The van der Waals surface area contributed by atoms with Gasteiger partial charge in [0.2, 0.25) is 0 Å². The van der Waals surface area contributed by atoms with Crippen molar-refractivity contribution >= 4 is 23.1 Å². The molecule has 0 spiro atoms. The summed E-state index contributed by atoms with van der Waals surface area (Å²) in [7, 11) is 3.23. The Kier molecular flexibility index (Phi) is 30.6. The number of allylic oxidation sites excluding steroid dienone is 2. The molecule has 47 heavy (non-hydrogen) atoms. The molecular formula is C36H56O10Ti. The molecule has 11 heteroatoms. The summed E-state index contributed by atoms with van der Waals surface area (Å²) in [6.07, 6.45) is 2.57. The van der Waals surface area contributed by atoms with Crippen LogP contribution >= 0.6 is 0 Å². The summed E-state index contributed by atoms with van der Waals surface area (Å²) in [5.74, 6) is -0.112. The van der Waals surface area contributed by atoms with Crippen molar-refractivity contribution in [1.82, 2.24) is 0 Å². The fourth-order valence-electron chi connectivity index (χ4n) is 2.68. The number of hydrogen-bond donors (Lipinski definition) is 4. The molecule has 0 atom stereocenters. The van der Waals surface area contributed by atoms with E-state index < -0.39 is 10.8 Å². The van der Waals surface area contributed by atoms with E-state index in [1.165, 1.54) is 12.2 Å². The molecule has 0 aliphatic carbocycles. The number of ketones is 2. The minimum Gasteiger partial charge on any atom is -0.507 e. The van der Waals surface area contributed by atoms with E-state index in [9.17, 15) is 19.8 Å². The number of ether oxygens (including phenoxy) is 4. The smallest absolute Gasteiger partial charge is 0.164 e. The SMILES string of the molecule is CC(C)(C)C(=O)/C=C(\O)c1ccccc1.CC(C)(C)C(=O)/C=C(\O)c1ccccc1.COCCOCCO.COCCOCCO.[Ti]. The molecule has 0 radical (unpaired) electrons. The molecule has 0 aromatic heterocycles. The Morgan fingerprint density at radius 3 is 1.11 bits per heavy atom. The summed E-state index contributed by atoms with van der Waals surface area (Å²) in [4.78, 5) is 23.2. The van der Waals surface area contributed by atoms with Crippen molar-refractivity contribution in [3.63, 3.8) is 0 Å². The molecule has 0 bridgehead atoms. The Morgan fingerprint density at radius 1 is 0.574 bits per heavy atom. The number of rotatable bonds is 14. The van der Waals surface area contributed by atoms with E-state index in [2.05, 4.69) is 9.47 Å². The molecule has 4 N–H and O–H groups in total. The molecule has 0 saturated heterocycles. The van der Waals surface area contributed by atoms with Gasteiger partial charge in [0.05, 0.1) is 52.9 Å². The Morgan fingerprint density at radius 2 is 0.872 bits per heavy atom. The molecule has 0 aliphatic heterocycles. The first-order valence-electron chi connectivity index (χ1n) is 15.0. The monoisotopic (exact) mass is 696 g/mol. The molecule has 0 aliphatic rings. The second kappa shape index (κ2) is 29.5. The number of benzene rings is 2. The Hall–Kier alpha value is -2.67. The van der Waals surface area contributed by atoms with Gasteiger partial charge in [-0.1, -0.05) is 102 Å². The number of aliphatic hydroxyl groups is 4. The van der Waals surface area contributed by atoms with Crippen molar-refractivity contribution in [2.45, 2.75) is 41.5 Å². The average molecular weight is 697 g/mol.